The van der Waals surface area contributed by atoms with Crippen molar-refractivity contribution in [1.82, 2.24) is 25.1 Å². The lowest BCUT2D eigenvalue weighted by Crippen LogP contribution is -2.35. The van der Waals surface area contributed by atoms with Crippen LogP contribution in [0.15, 0.2) is 42.6 Å². The molecule has 0 fully saturated rings. The Morgan fingerprint density at radius 2 is 2.04 bits per heavy atom. The zero-order chi connectivity index (χ0) is 17.2. The van der Waals surface area contributed by atoms with E-state index in [1.807, 2.05) is 31.2 Å². The van der Waals surface area contributed by atoms with Crippen molar-refractivity contribution < 1.29 is 9.53 Å². The molecule has 3 aromatic rings. The SMILES string of the molecule is CCOc1ccc(-c2nccc(-c3cc4n(n3)CCNC4=O)n2)cc1. The molecule has 25 heavy (non-hydrogen) atoms. The predicted molar refractivity (Wildman–Crippen MR) is 92.2 cm³/mol. The third-order valence-electron chi connectivity index (χ3n) is 3.96. The first-order valence-corrected chi connectivity index (χ1v) is 8.17. The van der Waals surface area contributed by atoms with E-state index < -0.39 is 0 Å². The number of aromatic nitrogens is 4. The summed E-state index contributed by atoms with van der Waals surface area (Å²) in [6.07, 6.45) is 1.70. The minimum Gasteiger partial charge on any atom is -0.494 e. The minimum absolute atomic E-state index is 0.106. The quantitative estimate of drug-likeness (QED) is 0.790. The van der Waals surface area contributed by atoms with Crippen LogP contribution in [0.3, 0.4) is 0 Å². The van der Waals surface area contributed by atoms with Gasteiger partial charge in [0.25, 0.3) is 5.91 Å². The van der Waals surface area contributed by atoms with Gasteiger partial charge in [0.2, 0.25) is 0 Å². The standard InChI is InChI=1S/C18H17N5O2/c1-2-25-13-5-3-12(4-6-13)17-19-8-7-14(21-17)15-11-16-18(24)20-9-10-23(16)22-15/h3-8,11H,2,9-10H2,1H3,(H,20,24). The first-order chi connectivity index (χ1) is 12.2. The van der Waals surface area contributed by atoms with Crippen LogP contribution in [-0.4, -0.2) is 38.8 Å². The maximum absolute atomic E-state index is 11.9. The van der Waals surface area contributed by atoms with Crippen LogP contribution in [0.2, 0.25) is 0 Å². The maximum Gasteiger partial charge on any atom is 0.269 e. The third-order valence-corrected chi connectivity index (χ3v) is 3.96. The summed E-state index contributed by atoms with van der Waals surface area (Å²) in [5.74, 6) is 1.32. The summed E-state index contributed by atoms with van der Waals surface area (Å²) in [6.45, 7) is 3.83. The first kappa shape index (κ1) is 15.3. The van der Waals surface area contributed by atoms with Crippen molar-refractivity contribution in [3.8, 4) is 28.5 Å². The van der Waals surface area contributed by atoms with E-state index in [9.17, 15) is 4.79 Å². The number of rotatable bonds is 4. The Kier molecular flexibility index (Phi) is 3.89. The molecule has 3 heterocycles. The molecule has 0 unspecified atom stereocenters. The summed E-state index contributed by atoms with van der Waals surface area (Å²) >= 11 is 0. The van der Waals surface area contributed by atoms with Gasteiger partial charge in [0.1, 0.15) is 17.1 Å². The van der Waals surface area contributed by atoms with Gasteiger partial charge in [0, 0.05) is 18.3 Å². The van der Waals surface area contributed by atoms with E-state index >= 15 is 0 Å². The molecule has 0 spiro atoms. The number of carbonyl (C=O) groups excluding carboxylic acids is 1. The van der Waals surface area contributed by atoms with Gasteiger partial charge in [0.15, 0.2) is 5.82 Å². The summed E-state index contributed by atoms with van der Waals surface area (Å²) in [6, 6.07) is 11.2. The molecule has 0 bridgehead atoms. The number of hydrogen-bond donors (Lipinski definition) is 1. The van der Waals surface area contributed by atoms with Crippen molar-refractivity contribution in [2.45, 2.75) is 13.5 Å². The highest BCUT2D eigenvalue weighted by molar-refractivity contribution is 5.94. The number of fused-ring (bicyclic) bond motifs is 1. The fourth-order valence-electron chi connectivity index (χ4n) is 2.77. The van der Waals surface area contributed by atoms with Crippen molar-refractivity contribution in [2.24, 2.45) is 0 Å². The van der Waals surface area contributed by atoms with Gasteiger partial charge in [-0.3, -0.25) is 9.48 Å². The molecule has 0 saturated carbocycles. The largest absolute Gasteiger partial charge is 0.494 e. The van der Waals surface area contributed by atoms with Crippen LogP contribution in [0.5, 0.6) is 5.75 Å². The molecule has 4 rings (SSSR count). The Bertz CT molecular complexity index is 917. The topological polar surface area (TPSA) is 81.9 Å². The Hall–Kier alpha value is -3.22. The van der Waals surface area contributed by atoms with Gasteiger partial charge in [-0.2, -0.15) is 5.10 Å². The second kappa shape index (κ2) is 6.35. The van der Waals surface area contributed by atoms with Gasteiger partial charge in [-0.05, 0) is 43.3 Å². The number of ether oxygens (including phenoxy) is 1. The lowest BCUT2D eigenvalue weighted by atomic mass is 10.2. The summed E-state index contributed by atoms with van der Waals surface area (Å²) in [5, 5.41) is 7.30. The number of hydrogen-bond acceptors (Lipinski definition) is 5. The van der Waals surface area contributed by atoms with Gasteiger partial charge in [-0.1, -0.05) is 0 Å². The third kappa shape index (κ3) is 2.96. The Morgan fingerprint density at radius 3 is 2.80 bits per heavy atom. The van der Waals surface area contributed by atoms with Crippen LogP contribution < -0.4 is 10.1 Å². The van der Waals surface area contributed by atoms with Crippen molar-refractivity contribution in [1.29, 1.82) is 0 Å². The van der Waals surface area contributed by atoms with E-state index in [0.29, 0.717) is 42.6 Å². The van der Waals surface area contributed by atoms with Gasteiger partial charge >= 0.3 is 0 Å². The van der Waals surface area contributed by atoms with Gasteiger partial charge in [-0.15, -0.1) is 0 Å². The summed E-state index contributed by atoms with van der Waals surface area (Å²) in [7, 11) is 0. The molecule has 0 atom stereocenters. The Balaban J connectivity index is 1.66. The molecular weight excluding hydrogens is 318 g/mol. The van der Waals surface area contributed by atoms with E-state index in [4.69, 9.17) is 4.74 Å². The highest BCUT2D eigenvalue weighted by Crippen LogP contribution is 2.23. The number of nitrogens with zero attached hydrogens (tertiary/aromatic N) is 4. The van der Waals surface area contributed by atoms with E-state index in [-0.39, 0.29) is 5.91 Å². The molecule has 1 aliphatic rings. The molecule has 0 saturated heterocycles. The van der Waals surface area contributed by atoms with Crippen LogP contribution in [-0.2, 0) is 6.54 Å². The highest BCUT2D eigenvalue weighted by Gasteiger charge is 2.20. The molecule has 2 aromatic heterocycles. The zero-order valence-electron chi connectivity index (χ0n) is 13.8. The fourth-order valence-corrected chi connectivity index (χ4v) is 2.77. The average Bonchev–Trinajstić information content (AvgIpc) is 3.09. The highest BCUT2D eigenvalue weighted by atomic mass is 16.5. The number of benzene rings is 1. The lowest BCUT2D eigenvalue weighted by molar-refractivity contribution is 0.0924. The van der Waals surface area contributed by atoms with Crippen LogP contribution in [0.25, 0.3) is 22.8 Å². The molecule has 7 nitrogen and oxygen atoms in total. The zero-order valence-corrected chi connectivity index (χ0v) is 13.8. The lowest BCUT2D eigenvalue weighted by Gasteiger charge is -2.13. The second-order valence-corrected chi connectivity index (χ2v) is 5.62. The van der Waals surface area contributed by atoms with Crippen molar-refractivity contribution >= 4 is 5.91 Å². The van der Waals surface area contributed by atoms with E-state index in [1.54, 1.807) is 23.0 Å². The molecule has 1 N–H and O–H groups in total. The predicted octanol–water partition coefficient (Wildman–Crippen LogP) is 2.15. The first-order valence-electron chi connectivity index (χ1n) is 8.17. The summed E-state index contributed by atoms with van der Waals surface area (Å²) in [5.41, 5.74) is 2.81. The minimum atomic E-state index is -0.106. The van der Waals surface area contributed by atoms with Gasteiger partial charge < -0.3 is 10.1 Å². The smallest absolute Gasteiger partial charge is 0.269 e. The number of nitrogens with one attached hydrogen (secondary N) is 1. The van der Waals surface area contributed by atoms with Crippen molar-refractivity contribution in [3.63, 3.8) is 0 Å². The number of amides is 1. The Morgan fingerprint density at radius 1 is 1.20 bits per heavy atom. The molecular formula is C18H17N5O2. The molecule has 1 aliphatic heterocycles. The van der Waals surface area contributed by atoms with Crippen LogP contribution in [0, 0.1) is 0 Å². The second-order valence-electron chi connectivity index (χ2n) is 5.62. The normalized spacial score (nSPS) is 13.2. The molecule has 0 radical (unpaired) electrons. The van der Waals surface area contributed by atoms with E-state index in [0.717, 1.165) is 11.3 Å². The maximum atomic E-state index is 11.9. The van der Waals surface area contributed by atoms with Crippen LogP contribution in [0.1, 0.15) is 17.4 Å². The molecule has 1 aromatic carbocycles. The van der Waals surface area contributed by atoms with E-state index in [2.05, 4.69) is 20.4 Å². The Labute approximate surface area is 144 Å². The monoisotopic (exact) mass is 335 g/mol. The summed E-state index contributed by atoms with van der Waals surface area (Å²) < 4.78 is 7.17. The van der Waals surface area contributed by atoms with Crippen molar-refractivity contribution in [3.05, 3.63) is 48.3 Å². The van der Waals surface area contributed by atoms with Gasteiger partial charge in [-0.25, -0.2) is 9.97 Å². The van der Waals surface area contributed by atoms with Crippen molar-refractivity contribution in [2.75, 3.05) is 13.2 Å². The molecule has 1 amide bonds. The van der Waals surface area contributed by atoms with Crippen LogP contribution >= 0.6 is 0 Å². The summed E-state index contributed by atoms with van der Waals surface area (Å²) in [4.78, 5) is 20.8. The van der Waals surface area contributed by atoms with Crippen LogP contribution in [0.4, 0.5) is 0 Å². The molecule has 7 heteroatoms. The average molecular weight is 335 g/mol. The van der Waals surface area contributed by atoms with E-state index in [1.165, 1.54) is 0 Å². The fraction of sp³-hybridized carbons (Fsp3) is 0.222. The number of carbonyl (C=O) groups is 1. The van der Waals surface area contributed by atoms with Gasteiger partial charge in [0.05, 0.1) is 18.8 Å². The molecule has 0 aliphatic carbocycles. The molecule has 126 valence electrons.